The maximum absolute atomic E-state index is 14.5. The summed E-state index contributed by atoms with van der Waals surface area (Å²) in [6, 6.07) is 11.8. The number of amides is 1. The van der Waals surface area contributed by atoms with E-state index in [2.05, 4.69) is 15.6 Å². The first kappa shape index (κ1) is 26.7. The lowest BCUT2D eigenvalue weighted by Gasteiger charge is -2.15. The standard InChI is InChI=1S/C28H31FN6O3/c1-3-20(4-2)32-26(36)16-38-25-11-18(7-10-23(25)29)27-34-24-15-37-14-22(24)28(35-27)33-21-8-5-17(6-9-21)19(12-30)13-31/h5-13,20,30H,3-4,14-16,31H2,1-2H3,(H,32,36)(H,33,34,35)/b19-13+,30-12?. The van der Waals surface area contributed by atoms with Gasteiger partial charge in [-0.25, -0.2) is 14.4 Å². The van der Waals surface area contributed by atoms with Crippen LogP contribution in [0.1, 0.15) is 43.5 Å². The third-order valence-corrected chi connectivity index (χ3v) is 6.29. The van der Waals surface area contributed by atoms with Crippen LogP contribution in [-0.2, 0) is 22.7 Å². The molecule has 38 heavy (non-hydrogen) atoms. The van der Waals surface area contributed by atoms with Crippen molar-refractivity contribution < 1.29 is 18.7 Å². The fourth-order valence-corrected chi connectivity index (χ4v) is 4.05. The molecule has 0 saturated heterocycles. The third kappa shape index (κ3) is 6.15. The van der Waals surface area contributed by atoms with E-state index in [1.165, 1.54) is 24.5 Å². The van der Waals surface area contributed by atoms with E-state index in [0.29, 0.717) is 36.0 Å². The van der Waals surface area contributed by atoms with Crippen molar-refractivity contribution >= 4 is 29.2 Å². The topological polar surface area (TPSA) is 135 Å². The largest absolute Gasteiger partial charge is 0.481 e. The van der Waals surface area contributed by atoms with Crippen LogP contribution >= 0.6 is 0 Å². The molecule has 10 heteroatoms. The molecule has 1 aromatic heterocycles. The fraction of sp³-hybridized carbons (Fsp3) is 0.286. The quantitative estimate of drug-likeness (QED) is 0.271. The van der Waals surface area contributed by atoms with Crippen molar-refractivity contribution in [3.05, 3.63) is 71.3 Å². The van der Waals surface area contributed by atoms with Gasteiger partial charge in [0.15, 0.2) is 24.0 Å². The maximum Gasteiger partial charge on any atom is 0.258 e. The van der Waals surface area contributed by atoms with E-state index in [1.54, 1.807) is 6.07 Å². The third-order valence-electron chi connectivity index (χ3n) is 6.29. The minimum absolute atomic E-state index is 0.0531. The second-order valence-corrected chi connectivity index (χ2v) is 8.80. The number of ether oxygens (including phenoxy) is 2. The molecular formula is C28H31FN6O3. The molecule has 0 fully saturated rings. The van der Waals surface area contributed by atoms with Gasteiger partial charge in [0.2, 0.25) is 0 Å². The van der Waals surface area contributed by atoms with E-state index >= 15 is 0 Å². The summed E-state index contributed by atoms with van der Waals surface area (Å²) in [5.74, 6) is 0.0113. The average Bonchev–Trinajstić information content (AvgIpc) is 3.42. The molecule has 3 aromatic rings. The van der Waals surface area contributed by atoms with Crippen LogP contribution in [0.25, 0.3) is 17.0 Å². The van der Waals surface area contributed by atoms with Crippen molar-refractivity contribution in [1.29, 1.82) is 5.41 Å². The number of carbonyl (C=O) groups excluding carboxylic acids is 1. The molecule has 0 saturated carbocycles. The number of fused-ring (bicyclic) bond motifs is 1. The SMILES string of the molecule is CCC(CC)NC(=O)COc1cc(-c2nc3c(c(Nc4ccc(/C(C=N)=C/N)cc4)n2)COC3)ccc1F. The van der Waals surface area contributed by atoms with Crippen LogP contribution in [-0.4, -0.2) is 34.7 Å². The van der Waals surface area contributed by atoms with E-state index < -0.39 is 5.82 Å². The number of anilines is 2. The van der Waals surface area contributed by atoms with Gasteiger partial charge in [0.1, 0.15) is 5.82 Å². The summed E-state index contributed by atoms with van der Waals surface area (Å²) in [4.78, 5) is 21.6. The van der Waals surface area contributed by atoms with E-state index in [-0.39, 0.29) is 24.3 Å². The lowest BCUT2D eigenvalue weighted by Crippen LogP contribution is -2.37. The van der Waals surface area contributed by atoms with Crippen molar-refractivity contribution in [2.45, 2.75) is 45.9 Å². The van der Waals surface area contributed by atoms with Crippen molar-refractivity contribution in [1.82, 2.24) is 15.3 Å². The molecule has 2 heterocycles. The molecule has 0 radical (unpaired) electrons. The molecule has 1 aliphatic heterocycles. The van der Waals surface area contributed by atoms with Crippen LogP contribution in [0.3, 0.4) is 0 Å². The lowest BCUT2D eigenvalue weighted by molar-refractivity contribution is -0.123. The van der Waals surface area contributed by atoms with E-state index in [4.69, 9.17) is 25.6 Å². The van der Waals surface area contributed by atoms with Crippen LogP contribution in [0.2, 0.25) is 0 Å². The zero-order chi connectivity index (χ0) is 27.1. The van der Waals surface area contributed by atoms with Gasteiger partial charge in [-0.2, -0.15) is 0 Å². The Labute approximate surface area is 220 Å². The van der Waals surface area contributed by atoms with Gasteiger partial charge >= 0.3 is 0 Å². The second-order valence-electron chi connectivity index (χ2n) is 8.80. The Hall–Kier alpha value is -4.31. The number of nitrogens with one attached hydrogen (secondary N) is 3. The summed E-state index contributed by atoms with van der Waals surface area (Å²) in [6.45, 7) is 4.39. The predicted octanol–water partition coefficient (Wildman–Crippen LogP) is 4.69. The Bertz CT molecular complexity index is 1340. The van der Waals surface area contributed by atoms with E-state index in [0.717, 1.165) is 35.3 Å². The number of nitrogens with two attached hydrogens (primary N) is 1. The Kier molecular flexibility index (Phi) is 8.65. The summed E-state index contributed by atoms with van der Waals surface area (Å²) >= 11 is 0. The summed E-state index contributed by atoms with van der Waals surface area (Å²) in [6.07, 6.45) is 4.20. The molecular weight excluding hydrogens is 487 g/mol. The number of halogens is 1. The van der Waals surface area contributed by atoms with E-state index in [9.17, 15) is 9.18 Å². The maximum atomic E-state index is 14.5. The van der Waals surface area contributed by atoms with Crippen molar-refractivity contribution in [3.8, 4) is 17.1 Å². The Morgan fingerprint density at radius 1 is 1.18 bits per heavy atom. The number of rotatable bonds is 11. The van der Waals surface area contributed by atoms with Crippen LogP contribution in [0, 0.1) is 11.2 Å². The van der Waals surface area contributed by atoms with Gasteiger partial charge in [-0.3, -0.25) is 4.79 Å². The summed E-state index contributed by atoms with van der Waals surface area (Å²) < 4.78 is 25.6. The number of hydrogen-bond acceptors (Lipinski definition) is 8. The van der Waals surface area contributed by atoms with Gasteiger partial charge in [0.25, 0.3) is 5.91 Å². The number of hydrogen-bond donors (Lipinski definition) is 4. The van der Waals surface area contributed by atoms with Crippen LogP contribution in [0.5, 0.6) is 5.75 Å². The Morgan fingerprint density at radius 2 is 1.95 bits per heavy atom. The minimum Gasteiger partial charge on any atom is -0.481 e. The summed E-state index contributed by atoms with van der Waals surface area (Å²) in [5.41, 5.74) is 9.91. The number of benzene rings is 2. The highest BCUT2D eigenvalue weighted by atomic mass is 19.1. The fourth-order valence-electron chi connectivity index (χ4n) is 4.05. The summed E-state index contributed by atoms with van der Waals surface area (Å²) in [5, 5.41) is 13.7. The zero-order valence-corrected chi connectivity index (χ0v) is 21.4. The van der Waals surface area contributed by atoms with Crippen molar-refractivity contribution in [3.63, 3.8) is 0 Å². The molecule has 0 atom stereocenters. The van der Waals surface area contributed by atoms with Gasteiger partial charge < -0.3 is 31.3 Å². The highest BCUT2D eigenvalue weighted by Crippen LogP contribution is 2.32. The van der Waals surface area contributed by atoms with Crippen LogP contribution < -0.4 is 21.1 Å². The second kappa shape index (κ2) is 12.3. The molecule has 198 valence electrons. The molecule has 2 aromatic carbocycles. The Balaban J connectivity index is 1.57. The van der Waals surface area contributed by atoms with Gasteiger partial charge in [0.05, 0.1) is 18.9 Å². The molecule has 1 amide bonds. The number of carbonyl (C=O) groups is 1. The van der Waals surface area contributed by atoms with Crippen molar-refractivity contribution in [2.75, 3.05) is 11.9 Å². The van der Waals surface area contributed by atoms with Gasteiger partial charge in [-0.05, 0) is 48.7 Å². The van der Waals surface area contributed by atoms with Gasteiger partial charge in [-0.1, -0.05) is 26.0 Å². The number of aromatic nitrogens is 2. The first-order valence-corrected chi connectivity index (χ1v) is 12.4. The average molecular weight is 519 g/mol. The number of allylic oxidation sites excluding steroid dienone is 1. The molecule has 0 bridgehead atoms. The first-order valence-electron chi connectivity index (χ1n) is 12.4. The number of nitrogens with zero attached hydrogens (tertiary/aromatic N) is 2. The Morgan fingerprint density at radius 3 is 2.63 bits per heavy atom. The van der Waals surface area contributed by atoms with Gasteiger partial charge in [0, 0.05) is 40.8 Å². The first-order chi connectivity index (χ1) is 18.4. The van der Waals surface area contributed by atoms with Crippen LogP contribution in [0.15, 0.2) is 48.7 Å². The summed E-state index contributed by atoms with van der Waals surface area (Å²) in [7, 11) is 0. The highest BCUT2D eigenvalue weighted by Gasteiger charge is 2.22. The van der Waals surface area contributed by atoms with Crippen LogP contribution in [0.4, 0.5) is 15.9 Å². The predicted molar refractivity (Wildman–Crippen MR) is 145 cm³/mol. The molecule has 5 N–H and O–H groups in total. The monoisotopic (exact) mass is 518 g/mol. The highest BCUT2D eigenvalue weighted by molar-refractivity contribution is 6.08. The zero-order valence-electron chi connectivity index (χ0n) is 21.4. The minimum atomic E-state index is -0.581. The normalized spacial score (nSPS) is 12.8. The molecule has 9 nitrogen and oxygen atoms in total. The van der Waals surface area contributed by atoms with E-state index in [1.807, 2.05) is 38.1 Å². The van der Waals surface area contributed by atoms with Crippen molar-refractivity contribution in [2.24, 2.45) is 5.73 Å². The molecule has 0 aliphatic carbocycles. The molecule has 0 unspecified atom stereocenters. The smallest absolute Gasteiger partial charge is 0.258 e. The molecule has 0 spiro atoms. The molecule has 4 rings (SSSR count). The van der Waals surface area contributed by atoms with Gasteiger partial charge in [-0.15, -0.1) is 0 Å². The lowest BCUT2D eigenvalue weighted by atomic mass is 10.1. The molecule has 1 aliphatic rings.